The Bertz CT molecular complexity index is 934. The summed E-state index contributed by atoms with van der Waals surface area (Å²) in [6.07, 6.45) is -0.306. The molecule has 0 N–H and O–H groups in total. The lowest BCUT2D eigenvalue weighted by Gasteiger charge is -2.40. The first-order valence-electron chi connectivity index (χ1n) is 9.68. The molecule has 0 aromatic heterocycles. The Balaban J connectivity index is 2.04. The topological polar surface area (TPSA) is 88.9 Å². The van der Waals surface area contributed by atoms with Crippen molar-refractivity contribution >= 4 is 17.6 Å². The van der Waals surface area contributed by atoms with E-state index in [1.54, 1.807) is 55.5 Å². The second-order valence-electron chi connectivity index (χ2n) is 7.03. The third-order valence-electron chi connectivity index (χ3n) is 5.18. The number of anilines is 1. The summed E-state index contributed by atoms with van der Waals surface area (Å²) >= 11 is 0. The lowest BCUT2D eigenvalue weighted by molar-refractivity contribution is -0.153. The van der Waals surface area contributed by atoms with Crippen LogP contribution in [0, 0.1) is 17.2 Å². The largest absolute Gasteiger partial charge is 0.497 e. The van der Waals surface area contributed by atoms with Crippen molar-refractivity contribution in [2.75, 3.05) is 19.1 Å². The maximum Gasteiger partial charge on any atom is 0.312 e. The van der Waals surface area contributed by atoms with Crippen molar-refractivity contribution in [1.29, 1.82) is 5.26 Å². The average Bonchev–Trinajstić information content (AvgIpc) is 2.78. The molecule has 7 heteroatoms. The van der Waals surface area contributed by atoms with Gasteiger partial charge in [-0.2, -0.15) is 5.26 Å². The van der Waals surface area contributed by atoms with Crippen LogP contribution in [0.25, 0.3) is 0 Å². The number of esters is 1. The van der Waals surface area contributed by atoms with Gasteiger partial charge >= 0.3 is 5.97 Å². The number of nitrogens with zero attached hydrogens (tertiary/aromatic N) is 2. The lowest BCUT2D eigenvalue weighted by atomic mass is 9.83. The van der Waals surface area contributed by atoms with E-state index >= 15 is 0 Å². The van der Waals surface area contributed by atoms with Crippen molar-refractivity contribution in [3.8, 4) is 17.6 Å². The van der Waals surface area contributed by atoms with Crippen molar-refractivity contribution in [3.05, 3.63) is 54.1 Å². The van der Waals surface area contributed by atoms with E-state index in [0.717, 1.165) is 5.56 Å². The van der Waals surface area contributed by atoms with E-state index in [0.29, 0.717) is 23.6 Å². The molecule has 3 atom stereocenters. The minimum absolute atomic E-state index is 0.0848. The van der Waals surface area contributed by atoms with E-state index in [2.05, 4.69) is 0 Å². The van der Waals surface area contributed by atoms with Gasteiger partial charge in [-0.05, 0) is 55.3 Å². The van der Waals surface area contributed by atoms with Crippen LogP contribution in [0.5, 0.6) is 11.5 Å². The molecule has 0 bridgehead atoms. The highest BCUT2D eigenvalue weighted by atomic mass is 16.5. The quantitative estimate of drug-likeness (QED) is 0.678. The number of ether oxygens (including phenoxy) is 3. The zero-order chi connectivity index (χ0) is 21.7. The second kappa shape index (κ2) is 9.31. The monoisotopic (exact) mass is 408 g/mol. The first kappa shape index (κ1) is 21.2. The molecule has 1 heterocycles. The molecule has 0 unspecified atom stereocenters. The van der Waals surface area contributed by atoms with E-state index < -0.39 is 24.0 Å². The van der Waals surface area contributed by atoms with E-state index in [1.165, 1.54) is 6.92 Å². The minimum atomic E-state index is -0.860. The number of benzene rings is 2. The summed E-state index contributed by atoms with van der Waals surface area (Å²) in [6, 6.07) is 15.7. The zero-order valence-corrected chi connectivity index (χ0v) is 17.2. The van der Waals surface area contributed by atoms with Gasteiger partial charge in [0.15, 0.2) is 6.10 Å². The Morgan fingerprint density at radius 1 is 1.07 bits per heavy atom. The molecule has 0 saturated carbocycles. The minimum Gasteiger partial charge on any atom is -0.497 e. The van der Waals surface area contributed by atoms with E-state index in [4.69, 9.17) is 19.5 Å². The van der Waals surface area contributed by atoms with Gasteiger partial charge in [-0.3, -0.25) is 9.59 Å². The summed E-state index contributed by atoms with van der Waals surface area (Å²) in [7, 11) is 3.15. The Labute approximate surface area is 175 Å². The van der Waals surface area contributed by atoms with Gasteiger partial charge in [0.25, 0.3) is 0 Å². The van der Waals surface area contributed by atoms with Gasteiger partial charge in [0.2, 0.25) is 5.91 Å². The summed E-state index contributed by atoms with van der Waals surface area (Å²) < 4.78 is 15.8. The average molecular weight is 408 g/mol. The van der Waals surface area contributed by atoms with Crippen molar-refractivity contribution in [3.63, 3.8) is 0 Å². The third kappa shape index (κ3) is 4.38. The molecule has 1 aliphatic rings. The fourth-order valence-corrected chi connectivity index (χ4v) is 3.66. The van der Waals surface area contributed by atoms with Gasteiger partial charge in [0.1, 0.15) is 17.6 Å². The van der Waals surface area contributed by atoms with Gasteiger partial charge in [-0.1, -0.05) is 12.1 Å². The third-order valence-corrected chi connectivity index (χ3v) is 5.18. The number of methoxy groups -OCH3 is 2. The maximum atomic E-state index is 13.0. The molecule has 1 aliphatic heterocycles. The number of carbonyl (C=O) groups excluding carboxylic acids is 2. The summed E-state index contributed by atoms with van der Waals surface area (Å²) in [6.45, 7) is 1.52. The van der Waals surface area contributed by atoms with Crippen molar-refractivity contribution in [1.82, 2.24) is 0 Å². The predicted molar refractivity (Wildman–Crippen MR) is 110 cm³/mol. The Kier molecular flexibility index (Phi) is 6.58. The maximum absolute atomic E-state index is 13.0. The molecule has 2 aromatic rings. The van der Waals surface area contributed by atoms with Crippen LogP contribution in [-0.4, -0.2) is 32.2 Å². The summed E-state index contributed by atoms with van der Waals surface area (Å²) in [5.41, 5.74) is 1.44. The Morgan fingerprint density at radius 3 is 2.17 bits per heavy atom. The zero-order valence-electron chi connectivity index (χ0n) is 17.2. The summed E-state index contributed by atoms with van der Waals surface area (Å²) in [4.78, 5) is 27.5. The van der Waals surface area contributed by atoms with E-state index in [9.17, 15) is 9.59 Å². The molecule has 1 saturated heterocycles. The van der Waals surface area contributed by atoms with E-state index in [-0.39, 0.29) is 12.3 Å². The molecule has 3 rings (SSSR count). The van der Waals surface area contributed by atoms with Crippen LogP contribution in [-0.2, 0) is 14.3 Å². The highest BCUT2D eigenvalue weighted by Gasteiger charge is 2.42. The van der Waals surface area contributed by atoms with Crippen LogP contribution < -0.4 is 14.4 Å². The summed E-state index contributed by atoms with van der Waals surface area (Å²) in [5, 5.41) is 9.03. The van der Waals surface area contributed by atoms with Crippen LogP contribution >= 0.6 is 0 Å². The van der Waals surface area contributed by atoms with Crippen LogP contribution in [0.1, 0.15) is 31.4 Å². The SMILES string of the molecule is COc1ccc([C@@H]2[C@H](C(=O)O[C@H](C)C#N)CCC(=O)N2c2ccc(OC)cc2)cc1. The summed E-state index contributed by atoms with van der Waals surface area (Å²) in [5.74, 6) is 0.167. The van der Waals surface area contributed by atoms with Gasteiger partial charge < -0.3 is 19.1 Å². The first-order chi connectivity index (χ1) is 14.5. The van der Waals surface area contributed by atoms with Gasteiger partial charge in [-0.25, -0.2) is 0 Å². The van der Waals surface area contributed by atoms with Gasteiger partial charge in [0, 0.05) is 12.1 Å². The molecule has 7 nitrogen and oxygen atoms in total. The standard InChI is InChI=1S/C23H24N2O5/c1-15(14-24)30-23(27)20-12-13-21(26)25(17-6-10-19(29-3)11-7-17)22(20)16-4-8-18(28-2)9-5-16/h4-11,15,20,22H,12-13H2,1-3H3/t15-,20-,22-/m1/s1. The first-order valence-corrected chi connectivity index (χ1v) is 9.68. The normalized spacial score (nSPS) is 19.5. The highest BCUT2D eigenvalue weighted by Crippen LogP contribution is 2.41. The molecular formula is C23H24N2O5. The number of amides is 1. The fourth-order valence-electron chi connectivity index (χ4n) is 3.66. The molecule has 156 valence electrons. The molecule has 0 aliphatic carbocycles. The fraction of sp³-hybridized carbons (Fsp3) is 0.348. The second-order valence-corrected chi connectivity index (χ2v) is 7.03. The van der Waals surface area contributed by atoms with Crippen LogP contribution in [0.3, 0.4) is 0 Å². The molecule has 0 radical (unpaired) electrons. The van der Waals surface area contributed by atoms with Gasteiger partial charge in [0.05, 0.1) is 26.2 Å². The van der Waals surface area contributed by atoms with Crippen LogP contribution in [0.4, 0.5) is 5.69 Å². The molecule has 1 fully saturated rings. The van der Waals surface area contributed by atoms with Crippen molar-refractivity contribution in [2.45, 2.75) is 31.9 Å². The number of rotatable bonds is 6. The molecule has 0 spiro atoms. The number of hydrogen-bond acceptors (Lipinski definition) is 6. The molecular weight excluding hydrogens is 384 g/mol. The Morgan fingerprint density at radius 2 is 1.63 bits per heavy atom. The van der Waals surface area contributed by atoms with Gasteiger partial charge in [-0.15, -0.1) is 0 Å². The lowest BCUT2D eigenvalue weighted by Crippen LogP contribution is -2.46. The molecule has 1 amide bonds. The number of carbonyl (C=O) groups is 2. The number of piperidine rings is 1. The Hall–Kier alpha value is -3.53. The van der Waals surface area contributed by atoms with E-state index in [1.807, 2.05) is 18.2 Å². The van der Waals surface area contributed by atoms with Crippen molar-refractivity contribution in [2.24, 2.45) is 5.92 Å². The molecule has 2 aromatic carbocycles. The predicted octanol–water partition coefficient (Wildman–Crippen LogP) is 3.64. The number of hydrogen-bond donors (Lipinski definition) is 0. The molecule has 30 heavy (non-hydrogen) atoms. The van der Waals surface area contributed by atoms with Crippen LogP contribution in [0.2, 0.25) is 0 Å². The number of nitriles is 1. The highest BCUT2D eigenvalue weighted by molar-refractivity contribution is 5.97. The van der Waals surface area contributed by atoms with Crippen LogP contribution in [0.15, 0.2) is 48.5 Å². The smallest absolute Gasteiger partial charge is 0.312 e. The van der Waals surface area contributed by atoms with Crippen molar-refractivity contribution < 1.29 is 23.8 Å².